The molecule has 0 aliphatic carbocycles. The molecule has 1 N–H and O–H groups in total. The van der Waals surface area contributed by atoms with E-state index < -0.39 is 16.4 Å². The van der Waals surface area contributed by atoms with Crippen LogP contribution in [-0.4, -0.2) is 25.9 Å². The van der Waals surface area contributed by atoms with Crippen LogP contribution in [0.3, 0.4) is 0 Å². The van der Waals surface area contributed by atoms with E-state index in [1.165, 1.54) is 23.0 Å². The number of nitrogens with zero attached hydrogens (tertiary/aromatic N) is 4. The minimum atomic E-state index is -0.691. The number of benzene rings is 2. The lowest BCUT2D eigenvalue weighted by atomic mass is 10.1. The van der Waals surface area contributed by atoms with Crippen molar-refractivity contribution < 1.29 is 10.0 Å². The van der Waals surface area contributed by atoms with Crippen molar-refractivity contribution in [1.82, 2.24) is 9.66 Å². The zero-order valence-electron chi connectivity index (χ0n) is 15.5. The van der Waals surface area contributed by atoms with Gasteiger partial charge in [0.1, 0.15) is 5.82 Å². The van der Waals surface area contributed by atoms with E-state index in [2.05, 4.69) is 41.9 Å². The summed E-state index contributed by atoms with van der Waals surface area (Å²) >= 11 is 6.53. The van der Waals surface area contributed by atoms with Crippen LogP contribution in [0.2, 0.25) is 0 Å². The molecule has 0 bridgehead atoms. The van der Waals surface area contributed by atoms with Crippen molar-refractivity contribution in [3.05, 3.63) is 71.1 Å². The van der Waals surface area contributed by atoms with Crippen LogP contribution in [0.4, 0.5) is 5.69 Å². The lowest BCUT2D eigenvalue weighted by Gasteiger charge is -2.14. The van der Waals surface area contributed by atoms with Crippen LogP contribution < -0.4 is 5.56 Å². The second kappa shape index (κ2) is 8.42. The monoisotopic (exact) mass is 522 g/mol. The molecule has 1 atom stereocenters. The van der Waals surface area contributed by atoms with Crippen molar-refractivity contribution in [2.24, 2.45) is 5.10 Å². The number of halogens is 2. The molecular weight excluding hydrogens is 508 g/mol. The number of fused-ring (bicyclic) bond motifs is 1. The molecule has 0 spiro atoms. The molecule has 8 nitrogen and oxygen atoms in total. The van der Waals surface area contributed by atoms with Crippen LogP contribution in [0.15, 0.2) is 49.2 Å². The number of hydrogen-bond donors (Lipinski definition) is 1. The minimum Gasteiger partial charge on any atom is -0.502 e. The number of phenolic OH excluding ortho intramolecular Hbond substituents is 1. The normalized spacial score (nSPS) is 12.6. The van der Waals surface area contributed by atoms with Crippen molar-refractivity contribution in [3.8, 4) is 5.75 Å². The molecule has 0 fully saturated rings. The Morgan fingerprint density at radius 3 is 2.69 bits per heavy atom. The van der Waals surface area contributed by atoms with Gasteiger partial charge in [0.2, 0.25) is 5.75 Å². The largest absolute Gasteiger partial charge is 0.502 e. The highest BCUT2D eigenvalue weighted by Gasteiger charge is 2.19. The topological polar surface area (TPSA) is 111 Å². The second-order valence-electron chi connectivity index (χ2n) is 6.42. The van der Waals surface area contributed by atoms with Crippen molar-refractivity contribution in [2.45, 2.75) is 26.2 Å². The van der Waals surface area contributed by atoms with Gasteiger partial charge in [-0.3, -0.25) is 14.9 Å². The SMILES string of the molecule is CC[C@H](C)c1nc2ccc(Br)cc2c(=O)n1N=Cc1cc(Br)cc([N+](=O)[O-])c1O. The predicted molar refractivity (Wildman–Crippen MR) is 118 cm³/mol. The highest BCUT2D eigenvalue weighted by molar-refractivity contribution is 9.10. The lowest BCUT2D eigenvalue weighted by Crippen LogP contribution is -2.23. The van der Waals surface area contributed by atoms with E-state index in [4.69, 9.17) is 0 Å². The van der Waals surface area contributed by atoms with Crippen LogP contribution in [0.5, 0.6) is 5.75 Å². The minimum absolute atomic E-state index is 0.0571. The molecule has 2 aromatic carbocycles. The third-order valence-corrected chi connectivity index (χ3v) is 5.43. The van der Waals surface area contributed by atoms with E-state index in [9.17, 15) is 20.0 Å². The van der Waals surface area contributed by atoms with Crippen LogP contribution >= 0.6 is 31.9 Å². The molecule has 0 saturated carbocycles. The van der Waals surface area contributed by atoms with Gasteiger partial charge in [-0.1, -0.05) is 45.7 Å². The fourth-order valence-electron chi connectivity index (χ4n) is 2.74. The van der Waals surface area contributed by atoms with E-state index in [1.54, 1.807) is 18.2 Å². The summed E-state index contributed by atoms with van der Waals surface area (Å²) in [6, 6.07) is 7.90. The number of aromatic hydroxyl groups is 1. The third kappa shape index (κ3) is 4.23. The summed E-state index contributed by atoms with van der Waals surface area (Å²) in [4.78, 5) is 28.1. The zero-order valence-corrected chi connectivity index (χ0v) is 18.6. The molecule has 10 heteroatoms. The molecule has 150 valence electrons. The second-order valence-corrected chi connectivity index (χ2v) is 8.25. The van der Waals surface area contributed by atoms with Gasteiger partial charge in [0, 0.05) is 26.5 Å². The molecule has 29 heavy (non-hydrogen) atoms. The summed E-state index contributed by atoms with van der Waals surface area (Å²) in [5, 5.41) is 25.9. The smallest absolute Gasteiger partial charge is 0.312 e. The molecule has 0 saturated heterocycles. The fourth-order valence-corrected chi connectivity index (χ4v) is 3.57. The lowest BCUT2D eigenvalue weighted by molar-refractivity contribution is -0.385. The van der Waals surface area contributed by atoms with Gasteiger partial charge in [-0.15, -0.1) is 0 Å². The molecule has 3 rings (SSSR count). The molecule has 0 radical (unpaired) electrons. The van der Waals surface area contributed by atoms with Gasteiger partial charge in [-0.25, -0.2) is 4.98 Å². The number of nitro benzene ring substituents is 1. The average Bonchev–Trinajstić information content (AvgIpc) is 2.68. The maximum absolute atomic E-state index is 13.1. The van der Waals surface area contributed by atoms with Gasteiger partial charge in [-0.05, 0) is 30.7 Å². The number of rotatable bonds is 5. The summed E-state index contributed by atoms with van der Waals surface area (Å²) in [6.07, 6.45) is 1.95. The molecule has 1 aromatic heterocycles. The highest BCUT2D eigenvalue weighted by atomic mass is 79.9. The van der Waals surface area contributed by atoms with Crippen molar-refractivity contribution in [1.29, 1.82) is 0 Å². The van der Waals surface area contributed by atoms with E-state index in [0.717, 1.165) is 10.9 Å². The first-order chi connectivity index (χ1) is 13.7. The Kier molecular flexibility index (Phi) is 6.13. The molecule has 0 unspecified atom stereocenters. The Bertz CT molecular complexity index is 1210. The number of hydrogen-bond acceptors (Lipinski definition) is 6. The Morgan fingerprint density at radius 2 is 2.03 bits per heavy atom. The van der Waals surface area contributed by atoms with Crippen LogP contribution in [0.1, 0.15) is 37.6 Å². The Hall–Kier alpha value is -2.59. The Balaban J connectivity index is 2.23. The summed E-state index contributed by atoms with van der Waals surface area (Å²) in [5.41, 5.74) is -0.175. The van der Waals surface area contributed by atoms with Gasteiger partial charge >= 0.3 is 5.69 Å². The number of phenols is 1. The summed E-state index contributed by atoms with van der Waals surface area (Å²) in [6.45, 7) is 3.90. The van der Waals surface area contributed by atoms with Gasteiger partial charge in [0.05, 0.1) is 22.0 Å². The summed E-state index contributed by atoms with van der Waals surface area (Å²) in [5.74, 6) is -0.123. The molecule has 0 aliphatic rings. The van der Waals surface area contributed by atoms with E-state index in [-0.39, 0.29) is 17.0 Å². The van der Waals surface area contributed by atoms with E-state index in [0.29, 0.717) is 21.2 Å². The van der Waals surface area contributed by atoms with E-state index >= 15 is 0 Å². The Labute approximate surface area is 182 Å². The standard InChI is InChI=1S/C19H16Br2N4O4/c1-3-10(2)18-23-15-5-4-12(20)7-14(15)19(27)24(18)22-9-11-6-13(21)8-16(17(11)26)25(28)29/h4-10,26H,3H2,1-2H3/t10-/m0/s1. The summed E-state index contributed by atoms with van der Waals surface area (Å²) < 4.78 is 2.31. The maximum Gasteiger partial charge on any atom is 0.312 e. The first kappa shape index (κ1) is 21.1. The Morgan fingerprint density at radius 1 is 1.31 bits per heavy atom. The third-order valence-electron chi connectivity index (χ3n) is 4.48. The predicted octanol–water partition coefficient (Wildman–Crippen LogP) is 4.93. The van der Waals surface area contributed by atoms with Crippen LogP contribution in [-0.2, 0) is 0 Å². The molecular formula is C19H16Br2N4O4. The first-order valence-electron chi connectivity index (χ1n) is 8.66. The average molecular weight is 524 g/mol. The van der Waals surface area contributed by atoms with Crippen LogP contribution in [0, 0.1) is 10.1 Å². The van der Waals surface area contributed by atoms with Crippen molar-refractivity contribution in [3.63, 3.8) is 0 Å². The van der Waals surface area contributed by atoms with Gasteiger partial charge in [0.15, 0.2) is 0 Å². The molecule has 0 aliphatic heterocycles. The molecule has 0 amide bonds. The number of aromatic nitrogens is 2. The zero-order chi connectivity index (χ0) is 21.3. The van der Waals surface area contributed by atoms with Crippen molar-refractivity contribution in [2.75, 3.05) is 0 Å². The molecule has 1 heterocycles. The molecule has 3 aromatic rings. The van der Waals surface area contributed by atoms with Crippen LogP contribution in [0.25, 0.3) is 10.9 Å². The highest BCUT2D eigenvalue weighted by Crippen LogP contribution is 2.32. The quantitative estimate of drug-likeness (QED) is 0.289. The summed E-state index contributed by atoms with van der Waals surface area (Å²) in [7, 11) is 0. The van der Waals surface area contributed by atoms with Gasteiger partial charge in [-0.2, -0.15) is 9.78 Å². The fraction of sp³-hybridized carbons (Fsp3) is 0.211. The van der Waals surface area contributed by atoms with E-state index in [1.807, 2.05) is 13.8 Å². The van der Waals surface area contributed by atoms with Crippen molar-refractivity contribution >= 4 is 54.7 Å². The number of nitro groups is 1. The first-order valence-corrected chi connectivity index (χ1v) is 10.2. The van der Waals surface area contributed by atoms with Gasteiger partial charge in [0.25, 0.3) is 5.56 Å². The maximum atomic E-state index is 13.1. The van der Waals surface area contributed by atoms with Gasteiger partial charge < -0.3 is 5.11 Å².